The zero-order valence-electron chi connectivity index (χ0n) is 42.0. The van der Waals surface area contributed by atoms with E-state index in [1.54, 1.807) is 7.11 Å². The van der Waals surface area contributed by atoms with Crippen LogP contribution in [0.5, 0.6) is 0 Å². The number of amides is 2. The fraction of sp³-hybridized carbons (Fsp3) is 0.642. The van der Waals surface area contributed by atoms with E-state index >= 15 is 0 Å². The Morgan fingerprint density at radius 3 is 2.64 bits per heavy atom. The molecular weight excluding hydrogens is 879 g/mol. The van der Waals surface area contributed by atoms with E-state index in [4.69, 9.17) is 38.1 Å². The highest BCUT2D eigenvalue weighted by Crippen LogP contribution is 2.46. The molecule has 3 aromatic heterocycles. The van der Waals surface area contributed by atoms with Gasteiger partial charge in [0, 0.05) is 79.0 Å². The fourth-order valence-electron chi connectivity index (χ4n) is 11.2. The van der Waals surface area contributed by atoms with Crippen molar-refractivity contribution in [3.8, 4) is 22.7 Å². The van der Waals surface area contributed by atoms with Crippen molar-refractivity contribution in [2.75, 3.05) is 59.8 Å². The van der Waals surface area contributed by atoms with Gasteiger partial charge in [-0.25, -0.2) is 10.4 Å². The van der Waals surface area contributed by atoms with E-state index in [9.17, 15) is 14.4 Å². The molecular formula is C53H73N7O9. The molecule has 1 saturated carbocycles. The van der Waals surface area contributed by atoms with Crippen molar-refractivity contribution >= 4 is 28.7 Å². The van der Waals surface area contributed by atoms with E-state index in [2.05, 4.69) is 58.5 Å². The van der Waals surface area contributed by atoms with Crippen LogP contribution in [0.15, 0.2) is 41.1 Å². The van der Waals surface area contributed by atoms with Crippen molar-refractivity contribution in [3.63, 3.8) is 0 Å². The van der Waals surface area contributed by atoms with Crippen LogP contribution in [0.1, 0.15) is 122 Å². The monoisotopic (exact) mass is 952 g/mol. The maximum atomic E-state index is 14.7. The molecule has 16 heteroatoms. The van der Waals surface area contributed by atoms with Crippen LogP contribution in [-0.2, 0) is 51.0 Å². The highest BCUT2D eigenvalue weighted by molar-refractivity contribution is 5.95. The average molecular weight is 952 g/mol. The lowest BCUT2D eigenvalue weighted by atomic mass is 9.82. The number of cyclic esters (lactones) is 1. The Labute approximate surface area is 406 Å². The first kappa shape index (κ1) is 49.3. The molecule has 1 aromatic carbocycles. The number of hydrazine groups is 1. The maximum Gasteiger partial charge on any atom is 0.324 e. The van der Waals surface area contributed by atoms with Crippen LogP contribution in [0.2, 0.25) is 0 Å². The first-order valence-electron chi connectivity index (χ1n) is 25.4. The Morgan fingerprint density at radius 2 is 1.88 bits per heavy atom. The normalized spacial score (nSPS) is 28.0. The van der Waals surface area contributed by atoms with Gasteiger partial charge in [-0.05, 0) is 119 Å². The predicted octanol–water partition coefficient (Wildman–Crippen LogP) is 7.15. The van der Waals surface area contributed by atoms with Crippen molar-refractivity contribution in [2.24, 2.45) is 23.2 Å². The maximum absolute atomic E-state index is 14.7. The van der Waals surface area contributed by atoms with Gasteiger partial charge in [0.15, 0.2) is 0 Å². The number of piperidine rings is 1. The van der Waals surface area contributed by atoms with Gasteiger partial charge in [0.2, 0.25) is 11.8 Å². The first-order valence-corrected chi connectivity index (χ1v) is 25.4. The lowest BCUT2D eigenvalue weighted by molar-refractivity contribution is -0.157. The summed E-state index contributed by atoms with van der Waals surface area (Å²) in [5.41, 5.74) is 9.81. The molecule has 7 heterocycles. The molecule has 9 atom stereocenters. The second-order valence-corrected chi connectivity index (χ2v) is 21.1. The smallest absolute Gasteiger partial charge is 0.324 e. The lowest BCUT2D eigenvalue weighted by Gasteiger charge is -2.42. The second kappa shape index (κ2) is 20.6. The first-order chi connectivity index (χ1) is 33.2. The number of carbonyl (C=O) groups is 3. The summed E-state index contributed by atoms with van der Waals surface area (Å²) >= 11 is 0. The van der Waals surface area contributed by atoms with Crippen molar-refractivity contribution in [1.82, 2.24) is 35.2 Å². The number of nitrogens with one attached hydrogen (secondary N) is 2. The summed E-state index contributed by atoms with van der Waals surface area (Å²) in [5.74, 6) is -0.295. The number of aromatic nitrogens is 3. The summed E-state index contributed by atoms with van der Waals surface area (Å²) in [4.78, 5) is 55.5. The van der Waals surface area contributed by atoms with Crippen LogP contribution in [0, 0.1) is 23.2 Å². The number of morpholine rings is 1. The van der Waals surface area contributed by atoms with E-state index in [1.165, 1.54) is 16.8 Å². The molecule has 1 aliphatic carbocycles. The summed E-state index contributed by atoms with van der Waals surface area (Å²) in [6.45, 7) is 21.5. The Morgan fingerprint density at radius 1 is 1.07 bits per heavy atom. The zero-order valence-corrected chi connectivity index (χ0v) is 42.0. The van der Waals surface area contributed by atoms with E-state index in [1.807, 2.05) is 47.6 Å². The molecule has 374 valence electrons. The summed E-state index contributed by atoms with van der Waals surface area (Å²) in [7, 11) is 1.72. The Bertz CT molecular complexity index is 2490. The van der Waals surface area contributed by atoms with Gasteiger partial charge in [0.05, 0.1) is 50.0 Å². The quantitative estimate of drug-likeness (QED) is 0.137. The molecule has 9 rings (SSSR count). The topological polar surface area (TPSA) is 172 Å². The molecule has 6 bridgehead atoms. The summed E-state index contributed by atoms with van der Waals surface area (Å²) in [6.07, 6.45) is 5.89. The largest absolute Gasteiger partial charge is 0.464 e. The number of rotatable bonds is 12. The third-order valence-corrected chi connectivity index (χ3v) is 15.4. The van der Waals surface area contributed by atoms with Gasteiger partial charge < -0.3 is 38.0 Å². The van der Waals surface area contributed by atoms with Gasteiger partial charge in [-0.1, -0.05) is 27.7 Å². The number of oxazole rings is 1. The number of fused-ring (bicyclic) bond motifs is 7. The van der Waals surface area contributed by atoms with Gasteiger partial charge in [0.25, 0.3) is 5.91 Å². The Hall–Kier alpha value is -4.71. The number of ether oxygens (including phenoxy) is 5. The summed E-state index contributed by atoms with van der Waals surface area (Å²) < 4.78 is 39.6. The van der Waals surface area contributed by atoms with Gasteiger partial charge in [-0.3, -0.25) is 29.3 Å². The van der Waals surface area contributed by atoms with E-state index in [-0.39, 0.29) is 49.1 Å². The predicted molar refractivity (Wildman–Crippen MR) is 260 cm³/mol. The molecule has 4 aliphatic heterocycles. The molecule has 1 unspecified atom stereocenters. The van der Waals surface area contributed by atoms with Crippen molar-refractivity contribution in [2.45, 2.75) is 136 Å². The molecule has 0 spiro atoms. The highest BCUT2D eigenvalue weighted by Gasteiger charge is 2.50. The number of hydrogen-bond acceptors (Lipinski definition) is 13. The van der Waals surface area contributed by atoms with Crippen molar-refractivity contribution < 1.29 is 42.5 Å². The highest BCUT2D eigenvalue weighted by atomic mass is 16.5. The molecule has 69 heavy (non-hydrogen) atoms. The minimum Gasteiger partial charge on any atom is -0.464 e. The third-order valence-electron chi connectivity index (χ3n) is 15.4. The minimum atomic E-state index is -1.16. The lowest BCUT2D eigenvalue weighted by Crippen LogP contribution is -2.61. The molecule has 2 amide bonds. The number of hydrogen-bond donors (Lipinski definition) is 2. The standard InChI is InChI=1S/C53H73N7O9/c1-10-66-48-42-28-68-50(55-42)35-13-14-43-38(23-35)40(25-53(7,8)29-69-52(63)41-12-11-16-60(57-41)51(62)46(48)56-49(61)44-31(4)32(44)5)47(59(43)19-21-67-30(2)3)39-24-36(26-54-45(39)33(6)64-9)34-15-17-58-18-20-65-27-37(58)22-34/h13-14,23-24,26,28,30-34,37,41,44,46,48,57H,10-12,15-22,25,27,29H2,1-9H3,(H,56,61)/t31-,32+,33-,34+,37?,41-,44+,46-,48+/m0/s1. The molecule has 16 nitrogen and oxygen atoms in total. The average Bonchev–Trinajstić information content (AvgIpc) is 3.60. The van der Waals surface area contributed by atoms with Crippen LogP contribution in [0.25, 0.3) is 33.6 Å². The SMILES string of the molecule is CCO[C@@H]1c2coc(n2)-c2ccc3c(c2)c(c(-c2cc([C@@H]4CCN5CCOCC5C4)cnc2[C@H](C)OC)n3CCOC(C)C)CC(C)(C)COC(=O)[C@@H]2CCCN(N2)C(=O)[C@H]1NC(=O)[C@H]1[C@H](C)[C@@H]1C. The van der Waals surface area contributed by atoms with E-state index in [0.29, 0.717) is 62.5 Å². The minimum absolute atomic E-state index is 0.0317. The van der Waals surface area contributed by atoms with Crippen LogP contribution in [0.4, 0.5) is 0 Å². The molecule has 3 saturated heterocycles. The number of benzene rings is 1. The van der Waals surface area contributed by atoms with Gasteiger partial charge in [-0.2, -0.15) is 0 Å². The molecule has 2 N–H and O–H groups in total. The van der Waals surface area contributed by atoms with Crippen molar-refractivity contribution in [1.29, 1.82) is 0 Å². The zero-order chi connectivity index (χ0) is 48.7. The fourth-order valence-corrected chi connectivity index (χ4v) is 11.2. The third kappa shape index (κ3) is 10.3. The summed E-state index contributed by atoms with van der Waals surface area (Å²) in [5, 5.41) is 5.49. The molecule has 4 aromatic rings. The Kier molecular flexibility index (Phi) is 14.7. The van der Waals surface area contributed by atoms with E-state index < -0.39 is 35.5 Å². The van der Waals surface area contributed by atoms with Crippen LogP contribution >= 0.6 is 0 Å². The number of pyridine rings is 1. The number of carbonyl (C=O) groups excluding carboxylic acids is 3. The molecule has 4 fully saturated rings. The van der Waals surface area contributed by atoms with Crippen LogP contribution in [0.3, 0.4) is 0 Å². The van der Waals surface area contributed by atoms with Gasteiger partial charge in [0.1, 0.15) is 30.1 Å². The number of esters is 1. The number of methoxy groups -OCH3 is 1. The van der Waals surface area contributed by atoms with Gasteiger partial charge in [-0.15, -0.1) is 0 Å². The number of nitrogens with zero attached hydrogens (tertiary/aromatic N) is 5. The molecule has 5 aliphatic rings. The van der Waals surface area contributed by atoms with Crippen LogP contribution in [-0.4, -0.2) is 126 Å². The van der Waals surface area contributed by atoms with Crippen molar-refractivity contribution in [3.05, 3.63) is 59.2 Å². The summed E-state index contributed by atoms with van der Waals surface area (Å²) in [6, 6.07) is 7.03. The molecule has 0 radical (unpaired) electrons. The van der Waals surface area contributed by atoms with Gasteiger partial charge >= 0.3 is 5.97 Å². The van der Waals surface area contributed by atoms with Crippen LogP contribution < -0.4 is 10.7 Å². The van der Waals surface area contributed by atoms with E-state index in [0.717, 1.165) is 78.1 Å². The second-order valence-electron chi connectivity index (χ2n) is 21.1. The Balaban J connectivity index is 1.21.